The predicted octanol–water partition coefficient (Wildman–Crippen LogP) is 4.34. The van der Waals surface area contributed by atoms with E-state index in [1.807, 2.05) is 37.3 Å². The van der Waals surface area contributed by atoms with Gasteiger partial charge in [-0.15, -0.1) is 0 Å². The highest BCUT2D eigenvalue weighted by Crippen LogP contribution is 2.34. The third kappa shape index (κ3) is 2.92. The van der Waals surface area contributed by atoms with Crippen LogP contribution in [0, 0.1) is 12.7 Å². The number of aryl methyl sites for hydroxylation is 1. The van der Waals surface area contributed by atoms with Gasteiger partial charge in [-0.05, 0) is 38.1 Å². The molecule has 3 heteroatoms. The number of hydrogen-bond acceptors (Lipinski definition) is 2. The quantitative estimate of drug-likeness (QED) is 0.888. The lowest BCUT2D eigenvalue weighted by atomic mass is 10.1. The van der Waals surface area contributed by atoms with Gasteiger partial charge < -0.3 is 5.11 Å². The summed E-state index contributed by atoms with van der Waals surface area (Å²) in [6, 6.07) is 12.9. The van der Waals surface area contributed by atoms with Crippen molar-refractivity contribution in [2.45, 2.75) is 29.7 Å². The van der Waals surface area contributed by atoms with E-state index in [0.717, 1.165) is 9.79 Å². The van der Waals surface area contributed by atoms with Gasteiger partial charge in [-0.3, -0.25) is 0 Å². The zero-order valence-electron chi connectivity index (χ0n) is 10.4. The van der Waals surface area contributed by atoms with E-state index in [9.17, 15) is 9.50 Å². The lowest BCUT2D eigenvalue weighted by Crippen LogP contribution is -1.98. The molecule has 0 aliphatic heterocycles. The van der Waals surface area contributed by atoms with Crippen molar-refractivity contribution in [2.75, 3.05) is 0 Å². The fraction of sp³-hybridized carbons (Fsp3) is 0.200. The number of aliphatic hydroxyl groups excluding tert-OH is 1. The molecule has 94 valence electrons. The second-order valence-corrected chi connectivity index (χ2v) is 5.36. The van der Waals surface area contributed by atoms with E-state index in [1.165, 1.54) is 23.4 Å². The molecule has 0 saturated heterocycles. The molecule has 18 heavy (non-hydrogen) atoms. The largest absolute Gasteiger partial charge is 0.389 e. The van der Waals surface area contributed by atoms with Crippen molar-refractivity contribution in [3.8, 4) is 0 Å². The van der Waals surface area contributed by atoms with Crippen LogP contribution < -0.4 is 0 Å². The van der Waals surface area contributed by atoms with E-state index >= 15 is 0 Å². The first-order chi connectivity index (χ1) is 8.58. The summed E-state index contributed by atoms with van der Waals surface area (Å²) in [5.41, 5.74) is 1.55. The van der Waals surface area contributed by atoms with Crippen LogP contribution in [-0.2, 0) is 0 Å². The molecule has 0 aliphatic carbocycles. The maximum atomic E-state index is 13.7. The summed E-state index contributed by atoms with van der Waals surface area (Å²) in [4.78, 5) is 1.79. The van der Waals surface area contributed by atoms with E-state index in [-0.39, 0.29) is 5.82 Å². The number of rotatable bonds is 3. The number of aliphatic hydroxyl groups is 1. The lowest BCUT2D eigenvalue weighted by molar-refractivity contribution is 0.191. The monoisotopic (exact) mass is 262 g/mol. The van der Waals surface area contributed by atoms with Crippen LogP contribution in [0.25, 0.3) is 0 Å². The average molecular weight is 262 g/mol. The SMILES string of the molecule is Cc1ccc(Sc2cccc(F)c2C(C)O)cc1. The zero-order valence-corrected chi connectivity index (χ0v) is 11.2. The number of hydrogen-bond donors (Lipinski definition) is 1. The highest BCUT2D eigenvalue weighted by molar-refractivity contribution is 7.99. The van der Waals surface area contributed by atoms with E-state index in [1.54, 1.807) is 13.0 Å². The molecule has 2 aromatic rings. The number of halogens is 1. The second kappa shape index (κ2) is 5.55. The van der Waals surface area contributed by atoms with Gasteiger partial charge >= 0.3 is 0 Å². The van der Waals surface area contributed by atoms with Gasteiger partial charge in [0, 0.05) is 15.4 Å². The van der Waals surface area contributed by atoms with Gasteiger partial charge in [0.15, 0.2) is 0 Å². The highest BCUT2D eigenvalue weighted by atomic mass is 32.2. The van der Waals surface area contributed by atoms with Gasteiger partial charge in [0.1, 0.15) is 5.82 Å². The lowest BCUT2D eigenvalue weighted by Gasteiger charge is -2.12. The molecule has 1 atom stereocenters. The summed E-state index contributed by atoms with van der Waals surface area (Å²) < 4.78 is 13.7. The zero-order chi connectivity index (χ0) is 13.1. The van der Waals surface area contributed by atoms with Crippen molar-refractivity contribution in [1.82, 2.24) is 0 Å². The maximum Gasteiger partial charge on any atom is 0.130 e. The van der Waals surface area contributed by atoms with Crippen LogP contribution in [-0.4, -0.2) is 5.11 Å². The van der Waals surface area contributed by atoms with Crippen molar-refractivity contribution >= 4 is 11.8 Å². The Hall–Kier alpha value is -1.32. The Kier molecular flexibility index (Phi) is 4.04. The molecular weight excluding hydrogens is 247 g/mol. The molecule has 2 rings (SSSR count). The van der Waals surface area contributed by atoms with Crippen molar-refractivity contribution < 1.29 is 9.50 Å². The topological polar surface area (TPSA) is 20.2 Å². The third-order valence-corrected chi connectivity index (χ3v) is 3.76. The fourth-order valence-corrected chi connectivity index (χ4v) is 2.80. The molecule has 0 fully saturated rings. The Labute approximate surface area is 111 Å². The standard InChI is InChI=1S/C15H15FOS/c1-10-6-8-12(9-7-10)18-14-5-3-4-13(16)15(14)11(2)17/h3-9,11,17H,1-2H3. The Morgan fingerprint density at radius 2 is 1.78 bits per heavy atom. The van der Waals surface area contributed by atoms with Gasteiger partial charge in [0.25, 0.3) is 0 Å². The molecular formula is C15H15FOS. The second-order valence-electron chi connectivity index (χ2n) is 4.24. The summed E-state index contributed by atoms with van der Waals surface area (Å²) in [5.74, 6) is -0.359. The van der Waals surface area contributed by atoms with E-state index in [2.05, 4.69) is 0 Å². The summed E-state index contributed by atoms with van der Waals surface area (Å²) in [5, 5.41) is 9.65. The summed E-state index contributed by atoms with van der Waals surface area (Å²) in [6.45, 7) is 3.61. The van der Waals surface area contributed by atoms with Crippen LogP contribution in [0.3, 0.4) is 0 Å². The average Bonchev–Trinajstić information content (AvgIpc) is 2.32. The molecule has 0 heterocycles. The molecule has 0 aliphatic rings. The molecule has 0 saturated carbocycles. The normalized spacial score (nSPS) is 12.4. The minimum atomic E-state index is -0.806. The van der Waals surface area contributed by atoms with Gasteiger partial charge in [-0.25, -0.2) is 4.39 Å². The predicted molar refractivity (Wildman–Crippen MR) is 72.3 cm³/mol. The molecule has 0 amide bonds. The minimum absolute atomic E-state index is 0.359. The molecule has 0 aromatic heterocycles. The Balaban J connectivity index is 2.34. The molecule has 0 spiro atoms. The summed E-state index contributed by atoms with van der Waals surface area (Å²) >= 11 is 1.47. The first kappa shape index (κ1) is 13.1. The maximum absolute atomic E-state index is 13.7. The molecule has 2 aromatic carbocycles. The Morgan fingerprint density at radius 1 is 1.11 bits per heavy atom. The van der Waals surface area contributed by atoms with Crippen molar-refractivity contribution in [3.05, 3.63) is 59.4 Å². The molecule has 1 unspecified atom stereocenters. The van der Waals surface area contributed by atoms with Gasteiger partial charge in [0.2, 0.25) is 0 Å². The van der Waals surface area contributed by atoms with Crippen LogP contribution in [0.4, 0.5) is 4.39 Å². The molecule has 0 radical (unpaired) electrons. The van der Waals surface area contributed by atoms with Crippen molar-refractivity contribution in [1.29, 1.82) is 0 Å². The van der Waals surface area contributed by atoms with Crippen LogP contribution >= 0.6 is 11.8 Å². The van der Waals surface area contributed by atoms with Crippen molar-refractivity contribution in [2.24, 2.45) is 0 Å². The van der Waals surface area contributed by atoms with Gasteiger partial charge in [-0.2, -0.15) is 0 Å². The van der Waals surface area contributed by atoms with Gasteiger partial charge in [-0.1, -0.05) is 35.5 Å². The van der Waals surface area contributed by atoms with E-state index in [4.69, 9.17) is 0 Å². The first-order valence-electron chi connectivity index (χ1n) is 5.79. The van der Waals surface area contributed by atoms with Crippen LogP contribution in [0.5, 0.6) is 0 Å². The Morgan fingerprint density at radius 3 is 2.39 bits per heavy atom. The highest BCUT2D eigenvalue weighted by Gasteiger charge is 2.14. The molecule has 1 N–H and O–H groups in total. The smallest absolute Gasteiger partial charge is 0.130 e. The third-order valence-electron chi connectivity index (χ3n) is 2.68. The molecule has 0 bridgehead atoms. The van der Waals surface area contributed by atoms with Crippen LogP contribution in [0.15, 0.2) is 52.3 Å². The summed E-state index contributed by atoms with van der Waals surface area (Å²) in [7, 11) is 0. The number of benzene rings is 2. The Bertz CT molecular complexity index is 535. The van der Waals surface area contributed by atoms with Gasteiger partial charge in [0.05, 0.1) is 6.10 Å². The summed E-state index contributed by atoms with van der Waals surface area (Å²) in [6.07, 6.45) is -0.806. The first-order valence-corrected chi connectivity index (χ1v) is 6.60. The van der Waals surface area contributed by atoms with Crippen molar-refractivity contribution in [3.63, 3.8) is 0 Å². The van der Waals surface area contributed by atoms with Crippen LogP contribution in [0.1, 0.15) is 24.2 Å². The fourth-order valence-electron chi connectivity index (χ4n) is 1.74. The van der Waals surface area contributed by atoms with E-state index < -0.39 is 6.10 Å². The van der Waals surface area contributed by atoms with E-state index in [0.29, 0.717) is 5.56 Å². The van der Waals surface area contributed by atoms with Crippen LogP contribution in [0.2, 0.25) is 0 Å². The molecule has 1 nitrogen and oxygen atoms in total. The minimum Gasteiger partial charge on any atom is -0.389 e.